The number of benzene rings is 1. The third-order valence-electron chi connectivity index (χ3n) is 2.75. The highest BCUT2D eigenvalue weighted by Gasteiger charge is 2.24. The summed E-state index contributed by atoms with van der Waals surface area (Å²) in [4.78, 5) is 10.8. The molecule has 0 aliphatic rings. The minimum absolute atomic E-state index is 0.00410. The smallest absolute Gasteiger partial charge is 0.345 e. The molecule has 112 valence electrons. The fourth-order valence-corrected chi connectivity index (χ4v) is 4.67. The van der Waals surface area contributed by atoms with Gasteiger partial charge in [-0.2, -0.15) is 4.31 Å². The van der Waals surface area contributed by atoms with Crippen LogP contribution in [0.25, 0.3) is 0 Å². The van der Waals surface area contributed by atoms with E-state index in [1.807, 2.05) is 24.3 Å². The third kappa shape index (κ3) is 3.70. The van der Waals surface area contributed by atoms with Crippen LogP contribution in [0.4, 0.5) is 0 Å². The maximum atomic E-state index is 12.4. The molecule has 0 atom stereocenters. The predicted molar refractivity (Wildman–Crippen MR) is 84.1 cm³/mol. The summed E-state index contributed by atoms with van der Waals surface area (Å²) in [6.45, 7) is 0.210. The largest absolute Gasteiger partial charge is 0.477 e. The number of carboxylic acids is 1. The lowest BCUT2D eigenvalue weighted by atomic mass is 10.2. The topological polar surface area (TPSA) is 74.7 Å². The van der Waals surface area contributed by atoms with Gasteiger partial charge >= 0.3 is 5.97 Å². The molecule has 8 heteroatoms. The van der Waals surface area contributed by atoms with E-state index < -0.39 is 16.0 Å². The highest BCUT2D eigenvalue weighted by atomic mass is 79.9. The number of hydrogen-bond acceptors (Lipinski definition) is 4. The molecule has 0 saturated carbocycles. The summed E-state index contributed by atoms with van der Waals surface area (Å²) in [7, 11) is -2.22. The number of carboxylic acid groups (broad SMARTS) is 1. The first-order valence-electron chi connectivity index (χ1n) is 5.84. The first-order chi connectivity index (χ1) is 9.80. The Kier molecular flexibility index (Phi) is 4.82. The molecule has 0 spiro atoms. The van der Waals surface area contributed by atoms with Gasteiger partial charge in [0.1, 0.15) is 9.09 Å². The second-order valence-corrected chi connectivity index (χ2v) is 8.59. The van der Waals surface area contributed by atoms with Crippen LogP contribution >= 0.6 is 27.3 Å². The summed E-state index contributed by atoms with van der Waals surface area (Å²) in [5.74, 6) is -1.13. The monoisotopic (exact) mass is 389 g/mol. The zero-order valence-electron chi connectivity index (χ0n) is 11.0. The molecule has 5 nitrogen and oxygen atoms in total. The quantitative estimate of drug-likeness (QED) is 0.852. The normalized spacial score (nSPS) is 11.8. The lowest BCUT2D eigenvalue weighted by Gasteiger charge is -2.16. The molecule has 1 aromatic heterocycles. The van der Waals surface area contributed by atoms with E-state index in [1.54, 1.807) is 0 Å². The molecule has 2 rings (SSSR count). The van der Waals surface area contributed by atoms with Crippen LogP contribution in [0.3, 0.4) is 0 Å². The van der Waals surface area contributed by atoms with Crippen molar-refractivity contribution in [1.82, 2.24) is 4.31 Å². The summed E-state index contributed by atoms with van der Waals surface area (Å²) in [5.41, 5.74) is 0.838. The van der Waals surface area contributed by atoms with Gasteiger partial charge in [-0.1, -0.05) is 28.1 Å². The second-order valence-electron chi connectivity index (χ2n) is 4.31. The van der Waals surface area contributed by atoms with E-state index in [0.717, 1.165) is 21.4 Å². The molecule has 1 heterocycles. The number of carbonyl (C=O) groups is 1. The summed E-state index contributed by atoms with van der Waals surface area (Å²) in [5, 5.41) is 8.87. The third-order valence-corrected chi connectivity index (χ3v) is 6.59. The van der Waals surface area contributed by atoms with Gasteiger partial charge < -0.3 is 5.11 Å². The highest BCUT2D eigenvalue weighted by molar-refractivity contribution is 9.10. The molecule has 0 amide bonds. The minimum atomic E-state index is -3.69. The van der Waals surface area contributed by atoms with Crippen LogP contribution in [-0.4, -0.2) is 30.8 Å². The SMILES string of the molecule is CN(Cc1cccc(Br)c1)S(=O)(=O)c1ccc(C(=O)O)s1. The van der Waals surface area contributed by atoms with Crippen molar-refractivity contribution in [3.05, 3.63) is 51.3 Å². The number of rotatable bonds is 5. The fourth-order valence-electron chi connectivity index (χ4n) is 1.70. The van der Waals surface area contributed by atoms with Crippen molar-refractivity contribution in [3.63, 3.8) is 0 Å². The van der Waals surface area contributed by atoms with Gasteiger partial charge in [-0.3, -0.25) is 0 Å². The van der Waals surface area contributed by atoms with Crippen molar-refractivity contribution in [2.24, 2.45) is 0 Å². The first-order valence-corrected chi connectivity index (χ1v) is 8.89. The van der Waals surface area contributed by atoms with Gasteiger partial charge in [0.25, 0.3) is 10.0 Å². The Hall–Kier alpha value is -1.22. The molecular formula is C13H12BrNO4S2. The molecule has 0 bridgehead atoms. The van der Waals surface area contributed by atoms with Crippen molar-refractivity contribution in [3.8, 4) is 0 Å². The van der Waals surface area contributed by atoms with Crippen molar-refractivity contribution in [1.29, 1.82) is 0 Å². The number of hydrogen-bond donors (Lipinski definition) is 1. The fraction of sp³-hybridized carbons (Fsp3) is 0.154. The van der Waals surface area contributed by atoms with E-state index in [1.165, 1.54) is 23.5 Å². The lowest BCUT2D eigenvalue weighted by molar-refractivity contribution is 0.0702. The number of halogens is 1. The van der Waals surface area contributed by atoms with Crippen LogP contribution in [0.15, 0.2) is 45.1 Å². The number of nitrogens with zero attached hydrogens (tertiary/aromatic N) is 1. The van der Waals surface area contributed by atoms with E-state index >= 15 is 0 Å². The van der Waals surface area contributed by atoms with Crippen LogP contribution in [0.2, 0.25) is 0 Å². The average Bonchev–Trinajstić information content (AvgIpc) is 2.89. The van der Waals surface area contributed by atoms with Crippen LogP contribution in [0.5, 0.6) is 0 Å². The maximum absolute atomic E-state index is 12.4. The standard InChI is InChI=1S/C13H12BrNO4S2/c1-15(8-9-3-2-4-10(14)7-9)21(18,19)12-6-5-11(20-12)13(16)17/h2-7H,8H2,1H3,(H,16,17). The molecule has 1 N–H and O–H groups in total. The van der Waals surface area contributed by atoms with Gasteiger partial charge in [0, 0.05) is 18.1 Å². The van der Waals surface area contributed by atoms with Gasteiger partial charge in [-0.05, 0) is 29.8 Å². The molecule has 0 aliphatic heterocycles. The Balaban J connectivity index is 2.23. The van der Waals surface area contributed by atoms with Gasteiger partial charge in [-0.15, -0.1) is 11.3 Å². The number of aromatic carboxylic acids is 1. The predicted octanol–water partition coefficient (Wildman–Crippen LogP) is 3.03. The Labute approximate surface area is 135 Å². The first kappa shape index (κ1) is 16.2. The van der Waals surface area contributed by atoms with Gasteiger partial charge in [0.15, 0.2) is 0 Å². The van der Waals surface area contributed by atoms with E-state index in [2.05, 4.69) is 15.9 Å². The zero-order chi connectivity index (χ0) is 15.6. The van der Waals surface area contributed by atoms with E-state index in [4.69, 9.17) is 5.11 Å². The van der Waals surface area contributed by atoms with Crippen LogP contribution in [0, 0.1) is 0 Å². The van der Waals surface area contributed by atoms with E-state index in [-0.39, 0.29) is 15.6 Å². The number of sulfonamides is 1. The molecule has 0 saturated heterocycles. The molecule has 2 aromatic rings. The molecule has 0 unspecified atom stereocenters. The second kappa shape index (κ2) is 6.27. The molecule has 0 aliphatic carbocycles. The van der Waals surface area contributed by atoms with Crippen LogP contribution < -0.4 is 0 Å². The Morgan fingerprint density at radius 1 is 1.33 bits per heavy atom. The van der Waals surface area contributed by atoms with Gasteiger partial charge in [0.05, 0.1) is 0 Å². The molecule has 1 aromatic carbocycles. The Bertz CT molecular complexity index is 770. The zero-order valence-corrected chi connectivity index (χ0v) is 14.2. The molecule has 0 fully saturated rings. The van der Waals surface area contributed by atoms with Crippen molar-refractivity contribution >= 4 is 43.3 Å². The van der Waals surface area contributed by atoms with E-state index in [9.17, 15) is 13.2 Å². The highest BCUT2D eigenvalue weighted by Crippen LogP contribution is 2.25. The Morgan fingerprint density at radius 3 is 2.62 bits per heavy atom. The summed E-state index contributed by atoms with van der Waals surface area (Å²) in [6.07, 6.45) is 0. The minimum Gasteiger partial charge on any atom is -0.477 e. The van der Waals surface area contributed by atoms with Gasteiger partial charge in [-0.25, -0.2) is 13.2 Å². The summed E-state index contributed by atoms with van der Waals surface area (Å²) >= 11 is 4.09. The summed E-state index contributed by atoms with van der Waals surface area (Å²) in [6, 6.07) is 9.97. The van der Waals surface area contributed by atoms with Gasteiger partial charge in [0.2, 0.25) is 0 Å². The molecular weight excluding hydrogens is 378 g/mol. The number of thiophene rings is 1. The van der Waals surface area contributed by atoms with Crippen LogP contribution in [0.1, 0.15) is 15.2 Å². The van der Waals surface area contributed by atoms with Crippen LogP contribution in [-0.2, 0) is 16.6 Å². The summed E-state index contributed by atoms with van der Waals surface area (Å²) < 4.78 is 26.9. The van der Waals surface area contributed by atoms with E-state index in [0.29, 0.717) is 0 Å². The Morgan fingerprint density at radius 2 is 2.05 bits per heavy atom. The maximum Gasteiger partial charge on any atom is 0.345 e. The molecule has 21 heavy (non-hydrogen) atoms. The van der Waals surface area contributed by atoms with Crippen molar-refractivity contribution in [2.45, 2.75) is 10.8 Å². The van der Waals surface area contributed by atoms with Crippen molar-refractivity contribution < 1.29 is 18.3 Å². The lowest BCUT2D eigenvalue weighted by Crippen LogP contribution is -2.25. The van der Waals surface area contributed by atoms with Crippen molar-refractivity contribution in [2.75, 3.05) is 7.05 Å². The average molecular weight is 390 g/mol. The molecule has 0 radical (unpaired) electrons.